The lowest BCUT2D eigenvalue weighted by Gasteiger charge is -2.13. The van der Waals surface area contributed by atoms with E-state index in [-0.39, 0.29) is 23.5 Å². The lowest BCUT2D eigenvalue weighted by Crippen LogP contribution is -2.32. The van der Waals surface area contributed by atoms with Gasteiger partial charge in [0.2, 0.25) is 0 Å². The van der Waals surface area contributed by atoms with Crippen molar-refractivity contribution in [2.24, 2.45) is 7.05 Å². The molecule has 1 unspecified atom stereocenters. The Labute approximate surface area is 692 Å². The predicted octanol–water partition coefficient (Wildman–Crippen LogP) is 15.6. The molecule has 5 aromatic carbocycles. The molecule has 1 atom stereocenters. The van der Waals surface area contributed by atoms with E-state index in [0.29, 0.717) is 92.0 Å². The fourth-order valence-corrected chi connectivity index (χ4v) is 13.2. The predicted molar refractivity (Wildman–Crippen MR) is 461 cm³/mol. The van der Waals surface area contributed by atoms with Crippen LogP contribution in [-0.4, -0.2) is 153 Å². The standard InChI is InChI=1S/C21H22N4O3.C21H18N4O3.C17H14N4O.C16H12N4O.C16H13N3O3/c2*1-27-20-16(21(26)23-13-15-5-3-11-28-15)7-9-18-19(20)17(24-25-18)8-6-14-4-2-10-22-12-14;1-21-15-8-6-13(10-18)17(22-2)16(15)14(20-21)7-5-12-4-3-9-19-11-12;1-21-16-12(9-17)5-7-14-15(16)13(19-20-14)6-4-11-3-2-8-18-10-11;1-22-15-11(16(20)21)5-7-13-14(15)12(18-19-13)6-4-10-3-2-8-17-9-10/h2,4,6-10,12,15H,3,5,11,13H2,1H3,(H,23,26)(H,24,25);2-12H,13H2,1H3,(H,23,26)(H,24,25);3-9,11H,1-2H3;2-8,10H,1H3,(H,19,20);2-9H,1H3,(H,18,19)(H,20,21)/b2*8-6+;7-5+;2*6-4+. The molecule has 1 aliphatic rings. The van der Waals surface area contributed by atoms with Crippen LogP contribution in [0.25, 0.3) is 115 Å². The zero-order valence-corrected chi connectivity index (χ0v) is 66.3. The van der Waals surface area contributed by atoms with Crippen LogP contribution in [0.4, 0.5) is 0 Å². The Morgan fingerprint density at radius 2 is 0.909 bits per heavy atom. The number of methoxy groups -OCH3 is 5. The molecule has 30 nitrogen and oxygen atoms in total. The molecule has 11 aromatic heterocycles. The van der Waals surface area contributed by atoms with Crippen LogP contribution in [0, 0.1) is 22.7 Å². The molecule has 12 heterocycles. The van der Waals surface area contributed by atoms with Crippen LogP contribution < -0.4 is 34.3 Å². The van der Waals surface area contributed by atoms with Crippen LogP contribution in [0.1, 0.15) is 117 Å². The number of H-pyrrole nitrogens is 4. The Balaban J connectivity index is 0.000000131. The first-order chi connectivity index (χ1) is 59.3. The summed E-state index contributed by atoms with van der Waals surface area (Å²) >= 11 is 0. The van der Waals surface area contributed by atoms with E-state index in [4.69, 9.17) is 38.1 Å². The Bertz CT molecular complexity index is 6520. The minimum atomic E-state index is -1.04. The van der Waals surface area contributed by atoms with E-state index >= 15 is 0 Å². The normalized spacial score (nSPS) is 12.3. The molecule has 1 aliphatic heterocycles. The maximum atomic E-state index is 12.7. The molecule has 7 N–H and O–H groups in total. The van der Waals surface area contributed by atoms with Crippen molar-refractivity contribution in [3.8, 4) is 40.9 Å². The number of amides is 2. The van der Waals surface area contributed by atoms with Crippen LogP contribution in [0.3, 0.4) is 0 Å². The number of aromatic amines is 4. The molecule has 0 spiro atoms. The number of nitriles is 2. The smallest absolute Gasteiger partial charge is 0.339 e. The van der Waals surface area contributed by atoms with Gasteiger partial charge < -0.3 is 48.6 Å². The average molecular weight is 1610 g/mol. The van der Waals surface area contributed by atoms with Gasteiger partial charge in [-0.05, 0) is 174 Å². The highest BCUT2D eigenvalue weighted by Gasteiger charge is 2.25. The van der Waals surface area contributed by atoms with Crippen molar-refractivity contribution in [1.29, 1.82) is 10.5 Å². The van der Waals surface area contributed by atoms with Crippen molar-refractivity contribution in [2.45, 2.75) is 25.5 Å². The summed E-state index contributed by atoms with van der Waals surface area (Å²) in [7, 11) is 9.54. The molecule has 0 saturated carbocycles. The van der Waals surface area contributed by atoms with Crippen LogP contribution in [0.5, 0.6) is 28.7 Å². The number of hydrogen-bond donors (Lipinski definition) is 7. The van der Waals surface area contributed by atoms with Gasteiger partial charge in [0.25, 0.3) is 11.8 Å². The number of ether oxygens (including phenoxy) is 6. The van der Waals surface area contributed by atoms with Gasteiger partial charge in [0.05, 0.1) is 160 Å². The summed E-state index contributed by atoms with van der Waals surface area (Å²) in [5.74, 6) is 1.56. The molecule has 121 heavy (non-hydrogen) atoms. The van der Waals surface area contributed by atoms with E-state index in [1.165, 1.54) is 13.2 Å². The van der Waals surface area contributed by atoms with Crippen molar-refractivity contribution in [2.75, 3.05) is 48.7 Å². The molecule has 17 rings (SSSR count). The molecule has 30 heteroatoms. The summed E-state index contributed by atoms with van der Waals surface area (Å²) in [4.78, 5) is 57.1. The summed E-state index contributed by atoms with van der Waals surface area (Å²) in [6.07, 6.45) is 40.1. The first kappa shape index (κ1) is 82.5. The number of pyridine rings is 5. The monoisotopic (exact) mass is 1610 g/mol. The second-order valence-corrected chi connectivity index (χ2v) is 26.5. The van der Waals surface area contributed by atoms with Gasteiger partial charge in [0.1, 0.15) is 52.2 Å². The summed E-state index contributed by atoms with van der Waals surface area (Å²) in [6, 6.07) is 44.3. The Morgan fingerprint density at radius 3 is 1.32 bits per heavy atom. The fourth-order valence-electron chi connectivity index (χ4n) is 13.2. The van der Waals surface area contributed by atoms with Crippen molar-refractivity contribution >= 4 is 133 Å². The van der Waals surface area contributed by atoms with Gasteiger partial charge in [-0.2, -0.15) is 36.0 Å². The number of benzene rings is 5. The van der Waals surface area contributed by atoms with Crippen LogP contribution in [-0.2, 0) is 18.3 Å². The number of carboxylic acid groups (broad SMARTS) is 1. The molecule has 16 aromatic rings. The van der Waals surface area contributed by atoms with Gasteiger partial charge >= 0.3 is 5.97 Å². The third kappa shape index (κ3) is 19.9. The number of carbonyl (C=O) groups is 3. The molecule has 1 saturated heterocycles. The molecular weight excluding hydrogens is 1540 g/mol. The summed E-state index contributed by atoms with van der Waals surface area (Å²) in [5, 5.41) is 70.7. The molecule has 2 amide bonds. The van der Waals surface area contributed by atoms with Crippen LogP contribution in [0.15, 0.2) is 206 Å². The average Bonchev–Trinajstić information content (AvgIpc) is 1.66. The Morgan fingerprint density at radius 1 is 0.479 bits per heavy atom. The van der Waals surface area contributed by atoms with Crippen molar-refractivity contribution in [1.82, 2.24) is 86.1 Å². The second kappa shape index (κ2) is 40.2. The fraction of sp³-hybridized carbons (Fsp3) is 0.132. The molecule has 1 fully saturated rings. The number of hydrogen-bond acceptors (Lipinski definition) is 22. The maximum Gasteiger partial charge on any atom is 0.339 e. The molecule has 0 aliphatic carbocycles. The molecule has 604 valence electrons. The molecule has 0 bridgehead atoms. The second-order valence-electron chi connectivity index (χ2n) is 26.5. The number of furan rings is 1. The number of fused-ring (bicyclic) bond motifs is 5. The number of nitrogens with one attached hydrogen (secondary N) is 6. The van der Waals surface area contributed by atoms with E-state index in [0.717, 1.165) is 108 Å². The minimum absolute atomic E-state index is 0.0885. The first-order valence-electron chi connectivity index (χ1n) is 37.7. The van der Waals surface area contributed by atoms with Gasteiger partial charge in [0, 0.05) is 82.2 Å². The van der Waals surface area contributed by atoms with E-state index in [2.05, 4.69) is 93.6 Å². The third-order valence-electron chi connectivity index (χ3n) is 18.9. The van der Waals surface area contributed by atoms with Crippen molar-refractivity contribution in [3.05, 3.63) is 292 Å². The summed E-state index contributed by atoms with van der Waals surface area (Å²) in [5.41, 5.74) is 14.3. The van der Waals surface area contributed by atoms with Gasteiger partial charge in [-0.15, -0.1) is 0 Å². The lowest BCUT2D eigenvalue weighted by molar-refractivity contribution is 0.0692. The van der Waals surface area contributed by atoms with E-state index in [1.54, 1.807) is 150 Å². The minimum Gasteiger partial charge on any atom is -0.495 e. The summed E-state index contributed by atoms with van der Waals surface area (Å²) in [6.45, 7) is 1.56. The molecular formula is C91H79N19O11. The highest BCUT2D eigenvalue weighted by Crippen LogP contribution is 2.38. The topological polar surface area (TPSA) is 409 Å². The Kier molecular flexibility index (Phi) is 27.4. The lowest BCUT2D eigenvalue weighted by atomic mass is 10.1. The highest BCUT2D eigenvalue weighted by atomic mass is 16.5. The number of rotatable bonds is 22. The SMILES string of the molecule is COc1c(C#N)ccc2[nH]nc(/C=C/c3cccnc3)c12.COc1c(C#N)ccc2c1c(/C=C/c1cccnc1)nn2C.COc1c(C(=O)NCC2CCCO2)ccc2n[nH]c(/C=C/c3cccnc3)c12.COc1c(C(=O)NCc2ccco2)ccc2n[nH]c(/C=C/c3cccnc3)c12.COc1c(C(=O)O)ccc2n[nH]c(/C=C/c3cccnc3)c12. The highest BCUT2D eigenvalue weighted by molar-refractivity contribution is 6.08. The number of nitrogens with zero attached hydrogens (tertiary/aromatic N) is 13. The van der Waals surface area contributed by atoms with Gasteiger partial charge in [-0.1, -0.05) is 60.7 Å². The quantitative estimate of drug-likeness (QED) is 0.0331. The number of carbonyl (C=O) groups excluding carboxylic acids is 2. The van der Waals surface area contributed by atoms with Crippen molar-refractivity contribution in [3.63, 3.8) is 0 Å². The van der Waals surface area contributed by atoms with Crippen LogP contribution in [0.2, 0.25) is 0 Å². The van der Waals surface area contributed by atoms with Gasteiger partial charge in [0.15, 0.2) is 0 Å². The number of aryl methyl sites for hydroxylation is 1. The van der Waals surface area contributed by atoms with Gasteiger partial charge in [-0.25, -0.2) is 4.79 Å². The Hall–Kier alpha value is -16.5. The van der Waals surface area contributed by atoms with E-state index in [1.807, 2.05) is 147 Å². The largest absolute Gasteiger partial charge is 0.495 e. The third-order valence-corrected chi connectivity index (χ3v) is 18.9. The number of carboxylic acids is 1. The first-order valence-corrected chi connectivity index (χ1v) is 37.7. The van der Waals surface area contributed by atoms with Crippen LogP contribution >= 0.6 is 0 Å². The molecule has 0 radical (unpaired) electrons. The van der Waals surface area contributed by atoms with E-state index in [9.17, 15) is 24.8 Å². The summed E-state index contributed by atoms with van der Waals surface area (Å²) < 4.78 is 39.9. The van der Waals surface area contributed by atoms with Gasteiger partial charge in [-0.3, -0.25) is 59.6 Å². The number of aromatic carboxylic acids is 1. The van der Waals surface area contributed by atoms with E-state index < -0.39 is 5.97 Å². The zero-order valence-electron chi connectivity index (χ0n) is 66.3. The maximum absolute atomic E-state index is 12.7. The van der Waals surface area contributed by atoms with Crippen molar-refractivity contribution < 1.29 is 52.3 Å². The zero-order chi connectivity index (χ0) is 84.4. The number of aromatic nitrogens is 15.